The van der Waals surface area contributed by atoms with Crippen LogP contribution in [0.25, 0.3) is 0 Å². The molecule has 0 amide bonds. The molecule has 104 valence electrons. The van der Waals surface area contributed by atoms with Crippen molar-refractivity contribution in [3.63, 3.8) is 0 Å². The molecule has 2 rings (SSSR count). The third kappa shape index (κ3) is 3.24. The van der Waals surface area contributed by atoms with Crippen molar-refractivity contribution in [1.82, 2.24) is 4.98 Å². The Morgan fingerprint density at radius 3 is 2.65 bits per heavy atom. The molecule has 0 radical (unpaired) electrons. The molecule has 1 heterocycles. The fourth-order valence-electron chi connectivity index (χ4n) is 1.55. The molecular formula is C13H11BrN2O4. The van der Waals surface area contributed by atoms with Gasteiger partial charge >= 0.3 is 11.7 Å². The molecular weight excluding hydrogens is 328 g/mol. The number of ether oxygens (including phenoxy) is 2. The third-order valence-corrected chi connectivity index (χ3v) is 3.08. The van der Waals surface area contributed by atoms with E-state index >= 15 is 0 Å². The fourth-order valence-corrected chi connectivity index (χ4v) is 1.99. The maximum atomic E-state index is 10.9. The SMILES string of the molecule is COc1cc(Br)c([N+](=O)[O-])nc1OCc1ccccc1. The molecule has 0 unspecified atom stereocenters. The molecule has 0 spiro atoms. The standard InChI is InChI=1S/C13H11BrN2O4/c1-19-11-7-10(14)12(16(17)18)15-13(11)20-8-9-5-3-2-4-6-9/h2-7H,8H2,1H3. The first-order chi connectivity index (χ1) is 9.61. The highest BCUT2D eigenvalue weighted by Crippen LogP contribution is 2.34. The van der Waals surface area contributed by atoms with Gasteiger partial charge in [-0.05, 0) is 26.4 Å². The van der Waals surface area contributed by atoms with Crippen LogP contribution in [0.4, 0.5) is 5.82 Å². The fraction of sp³-hybridized carbons (Fsp3) is 0.154. The Balaban J connectivity index is 2.25. The van der Waals surface area contributed by atoms with E-state index in [-0.39, 0.29) is 22.8 Å². The lowest BCUT2D eigenvalue weighted by Gasteiger charge is -2.07. The lowest BCUT2D eigenvalue weighted by atomic mass is 10.2. The molecule has 0 bridgehead atoms. The molecule has 0 saturated heterocycles. The number of pyridine rings is 1. The number of rotatable bonds is 5. The van der Waals surface area contributed by atoms with Crippen molar-refractivity contribution in [2.75, 3.05) is 7.11 Å². The Bertz CT molecular complexity index is 619. The summed E-state index contributed by atoms with van der Waals surface area (Å²) in [6.07, 6.45) is 0. The van der Waals surface area contributed by atoms with Gasteiger partial charge in [-0.25, -0.2) is 0 Å². The minimum absolute atomic E-state index is 0.0891. The molecule has 0 saturated carbocycles. The Morgan fingerprint density at radius 2 is 2.05 bits per heavy atom. The molecule has 7 heteroatoms. The van der Waals surface area contributed by atoms with Gasteiger partial charge in [-0.3, -0.25) is 0 Å². The van der Waals surface area contributed by atoms with Crippen LogP contribution in [0.2, 0.25) is 0 Å². The second kappa shape index (κ2) is 6.33. The van der Waals surface area contributed by atoms with E-state index < -0.39 is 4.92 Å². The highest BCUT2D eigenvalue weighted by molar-refractivity contribution is 9.10. The lowest BCUT2D eigenvalue weighted by molar-refractivity contribution is -0.390. The normalized spacial score (nSPS) is 10.1. The van der Waals surface area contributed by atoms with Gasteiger partial charge in [0.1, 0.15) is 11.1 Å². The van der Waals surface area contributed by atoms with Gasteiger partial charge in [0.05, 0.1) is 7.11 Å². The van der Waals surface area contributed by atoms with Crippen LogP contribution in [-0.4, -0.2) is 17.0 Å². The first-order valence-corrected chi connectivity index (χ1v) is 6.46. The van der Waals surface area contributed by atoms with E-state index in [4.69, 9.17) is 9.47 Å². The molecule has 0 aliphatic rings. The lowest BCUT2D eigenvalue weighted by Crippen LogP contribution is -2.02. The van der Waals surface area contributed by atoms with Crippen LogP contribution in [0.5, 0.6) is 11.6 Å². The van der Waals surface area contributed by atoms with E-state index in [1.165, 1.54) is 13.2 Å². The number of nitro groups is 1. The molecule has 1 aromatic heterocycles. The zero-order valence-corrected chi connectivity index (χ0v) is 12.2. The molecule has 20 heavy (non-hydrogen) atoms. The first kappa shape index (κ1) is 14.3. The summed E-state index contributed by atoms with van der Waals surface area (Å²) in [5.41, 5.74) is 0.932. The van der Waals surface area contributed by atoms with Crippen LogP contribution in [0.1, 0.15) is 5.56 Å². The van der Waals surface area contributed by atoms with E-state index in [0.717, 1.165) is 5.56 Å². The summed E-state index contributed by atoms with van der Waals surface area (Å²) in [7, 11) is 1.45. The largest absolute Gasteiger partial charge is 0.489 e. The first-order valence-electron chi connectivity index (χ1n) is 5.67. The number of aromatic nitrogens is 1. The van der Waals surface area contributed by atoms with E-state index in [9.17, 15) is 10.1 Å². The molecule has 0 N–H and O–H groups in total. The van der Waals surface area contributed by atoms with Crippen molar-refractivity contribution in [1.29, 1.82) is 0 Å². The smallest absolute Gasteiger partial charge is 0.382 e. The monoisotopic (exact) mass is 338 g/mol. The van der Waals surface area contributed by atoms with Crippen LogP contribution in [-0.2, 0) is 6.61 Å². The zero-order chi connectivity index (χ0) is 14.5. The second-order valence-corrected chi connectivity index (χ2v) is 4.69. The maximum absolute atomic E-state index is 10.9. The van der Waals surface area contributed by atoms with Crippen LogP contribution in [0.3, 0.4) is 0 Å². The van der Waals surface area contributed by atoms with Crippen molar-refractivity contribution in [3.8, 4) is 11.6 Å². The quantitative estimate of drug-likeness (QED) is 0.617. The number of hydrogen-bond donors (Lipinski definition) is 0. The Morgan fingerprint density at radius 1 is 1.35 bits per heavy atom. The topological polar surface area (TPSA) is 74.5 Å². The predicted octanol–water partition coefficient (Wildman–Crippen LogP) is 3.34. The van der Waals surface area contributed by atoms with E-state index in [1.807, 2.05) is 30.3 Å². The van der Waals surface area contributed by atoms with Crippen molar-refractivity contribution in [2.24, 2.45) is 0 Å². The number of benzene rings is 1. The summed E-state index contributed by atoms with van der Waals surface area (Å²) in [5.74, 6) is 0.110. The van der Waals surface area contributed by atoms with Gasteiger partial charge in [0.15, 0.2) is 0 Å². The van der Waals surface area contributed by atoms with E-state index in [1.54, 1.807) is 0 Å². The summed E-state index contributed by atoms with van der Waals surface area (Å²) < 4.78 is 10.8. The van der Waals surface area contributed by atoms with Crippen LogP contribution < -0.4 is 9.47 Å². The van der Waals surface area contributed by atoms with Gasteiger partial charge in [0.2, 0.25) is 5.75 Å². The highest BCUT2D eigenvalue weighted by atomic mass is 79.9. The highest BCUT2D eigenvalue weighted by Gasteiger charge is 2.22. The van der Waals surface area contributed by atoms with Crippen LogP contribution in [0.15, 0.2) is 40.9 Å². The minimum atomic E-state index is -0.584. The van der Waals surface area contributed by atoms with Crippen molar-refractivity contribution < 1.29 is 14.4 Å². The van der Waals surface area contributed by atoms with Gasteiger partial charge < -0.3 is 19.6 Å². The number of hydrogen-bond acceptors (Lipinski definition) is 5. The Labute approximate surface area is 123 Å². The summed E-state index contributed by atoms with van der Waals surface area (Å²) in [4.78, 5) is 14.1. The molecule has 0 aliphatic heterocycles. The van der Waals surface area contributed by atoms with Crippen LogP contribution in [0, 0.1) is 10.1 Å². The molecule has 0 atom stereocenters. The average Bonchev–Trinajstić information content (AvgIpc) is 2.46. The maximum Gasteiger partial charge on any atom is 0.382 e. The minimum Gasteiger partial charge on any atom is -0.489 e. The molecule has 6 nitrogen and oxygen atoms in total. The molecule has 1 aromatic carbocycles. The molecule has 0 fully saturated rings. The number of nitrogens with zero attached hydrogens (tertiary/aromatic N) is 2. The molecule has 2 aromatic rings. The average molecular weight is 339 g/mol. The van der Waals surface area contributed by atoms with Gasteiger partial charge in [0.25, 0.3) is 0 Å². The van der Waals surface area contributed by atoms with Gasteiger partial charge in [-0.15, -0.1) is 0 Å². The second-order valence-electron chi connectivity index (χ2n) is 3.83. The predicted molar refractivity (Wildman–Crippen MR) is 75.9 cm³/mol. The van der Waals surface area contributed by atoms with Crippen LogP contribution >= 0.6 is 15.9 Å². The van der Waals surface area contributed by atoms with E-state index in [2.05, 4.69) is 20.9 Å². The summed E-state index contributed by atoms with van der Waals surface area (Å²) in [6, 6.07) is 10.9. The van der Waals surface area contributed by atoms with Gasteiger partial charge in [-0.2, -0.15) is 0 Å². The number of halogens is 1. The third-order valence-electron chi connectivity index (χ3n) is 2.50. The van der Waals surface area contributed by atoms with Crippen molar-refractivity contribution in [2.45, 2.75) is 6.61 Å². The van der Waals surface area contributed by atoms with Gasteiger partial charge in [-0.1, -0.05) is 30.3 Å². The number of methoxy groups -OCH3 is 1. The van der Waals surface area contributed by atoms with Gasteiger partial charge in [0, 0.05) is 11.1 Å². The Kier molecular flexibility index (Phi) is 4.52. The van der Waals surface area contributed by atoms with Crippen molar-refractivity contribution >= 4 is 21.7 Å². The Hall–Kier alpha value is -2.15. The summed E-state index contributed by atoms with van der Waals surface area (Å²) in [5, 5.41) is 10.9. The van der Waals surface area contributed by atoms with E-state index in [0.29, 0.717) is 5.75 Å². The molecule has 0 aliphatic carbocycles. The van der Waals surface area contributed by atoms with Crippen molar-refractivity contribution in [3.05, 3.63) is 56.5 Å². The summed E-state index contributed by atoms with van der Waals surface area (Å²) in [6.45, 7) is 0.253. The summed E-state index contributed by atoms with van der Waals surface area (Å²) >= 11 is 3.08. The zero-order valence-electron chi connectivity index (χ0n) is 10.6.